The number of benzene rings is 1. The lowest BCUT2D eigenvalue weighted by molar-refractivity contribution is -0.149. The third kappa shape index (κ3) is 4.97. The molecule has 112 valence electrons. The number of hydrogen-bond acceptors (Lipinski definition) is 3. The van der Waals surface area contributed by atoms with Crippen LogP contribution in [0.4, 0.5) is 17.6 Å². The van der Waals surface area contributed by atoms with Gasteiger partial charge in [-0.25, -0.2) is 9.18 Å². The van der Waals surface area contributed by atoms with E-state index in [-0.39, 0.29) is 17.2 Å². The van der Waals surface area contributed by atoms with E-state index < -0.39 is 30.5 Å². The van der Waals surface area contributed by atoms with Crippen LogP contribution in [0.2, 0.25) is 5.02 Å². The zero-order chi connectivity index (χ0) is 15.3. The molecule has 0 aromatic heterocycles. The van der Waals surface area contributed by atoms with Crippen molar-refractivity contribution in [3.05, 3.63) is 34.6 Å². The molecular formula is C12H12ClF4NO2. The van der Waals surface area contributed by atoms with Crippen molar-refractivity contribution in [3.8, 4) is 0 Å². The van der Waals surface area contributed by atoms with E-state index in [2.05, 4.69) is 4.74 Å². The van der Waals surface area contributed by atoms with E-state index in [1.54, 1.807) is 0 Å². The number of esters is 1. The number of carbonyl (C=O) groups excluding carboxylic acids is 1. The first kappa shape index (κ1) is 16.7. The third-order valence-corrected chi connectivity index (χ3v) is 2.60. The molecule has 0 heterocycles. The van der Waals surface area contributed by atoms with E-state index in [4.69, 9.17) is 11.6 Å². The van der Waals surface area contributed by atoms with Crippen molar-refractivity contribution in [2.24, 2.45) is 0 Å². The first-order chi connectivity index (χ1) is 9.24. The van der Waals surface area contributed by atoms with E-state index in [9.17, 15) is 22.4 Å². The molecule has 1 atom stereocenters. The molecule has 20 heavy (non-hydrogen) atoms. The van der Waals surface area contributed by atoms with Crippen LogP contribution in [0.25, 0.3) is 0 Å². The summed E-state index contributed by atoms with van der Waals surface area (Å²) in [4.78, 5) is 11.7. The normalized spacial score (nSPS) is 13.1. The molecule has 0 radical (unpaired) electrons. The lowest BCUT2D eigenvalue weighted by atomic mass is 10.1. The molecule has 0 aliphatic rings. The van der Waals surface area contributed by atoms with Crippen molar-refractivity contribution in [1.82, 2.24) is 5.32 Å². The van der Waals surface area contributed by atoms with Gasteiger partial charge in [-0.05, 0) is 24.6 Å². The molecule has 0 amide bonds. The van der Waals surface area contributed by atoms with Gasteiger partial charge >= 0.3 is 12.1 Å². The highest BCUT2D eigenvalue weighted by Gasteiger charge is 2.31. The molecule has 0 aliphatic heterocycles. The molecule has 0 fully saturated rings. The van der Waals surface area contributed by atoms with Crippen molar-refractivity contribution in [1.29, 1.82) is 0 Å². The number of hydrogen-bond donors (Lipinski definition) is 1. The van der Waals surface area contributed by atoms with Crippen LogP contribution < -0.4 is 5.32 Å². The van der Waals surface area contributed by atoms with Crippen LogP contribution in [0.15, 0.2) is 18.2 Å². The molecule has 1 aromatic carbocycles. The number of alkyl halides is 3. The van der Waals surface area contributed by atoms with Crippen molar-refractivity contribution in [2.75, 3.05) is 13.2 Å². The zero-order valence-corrected chi connectivity index (χ0v) is 11.2. The van der Waals surface area contributed by atoms with Gasteiger partial charge < -0.3 is 4.74 Å². The monoisotopic (exact) mass is 313 g/mol. The molecule has 0 saturated carbocycles. The fraction of sp³-hybridized carbons (Fsp3) is 0.417. The molecule has 0 aliphatic carbocycles. The van der Waals surface area contributed by atoms with Gasteiger partial charge in [0.2, 0.25) is 0 Å². The van der Waals surface area contributed by atoms with Crippen LogP contribution in [0.3, 0.4) is 0 Å². The van der Waals surface area contributed by atoms with E-state index in [1.165, 1.54) is 13.0 Å². The molecule has 1 aromatic rings. The van der Waals surface area contributed by atoms with Gasteiger partial charge in [-0.1, -0.05) is 17.7 Å². The Morgan fingerprint density at radius 3 is 2.60 bits per heavy atom. The topological polar surface area (TPSA) is 38.3 Å². The van der Waals surface area contributed by atoms with Gasteiger partial charge in [-0.3, -0.25) is 5.32 Å². The molecular weight excluding hydrogens is 302 g/mol. The maximum absolute atomic E-state index is 13.0. The second kappa shape index (κ2) is 6.90. The van der Waals surface area contributed by atoms with Crippen LogP contribution in [0, 0.1) is 5.82 Å². The second-order valence-electron chi connectivity index (χ2n) is 3.85. The van der Waals surface area contributed by atoms with Gasteiger partial charge in [-0.2, -0.15) is 13.2 Å². The van der Waals surface area contributed by atoms with Crippen molar-refractivity contribution < 1.29 is 27.1 Å². The maximum Gasteiger partial charge on any atom is 0.401 e. The predicted octanol–water partition coefficient (Wildman–Crippen LogP) is 3.24. The Bertz CT molecular complexity index is 479. The minimum absolute atomic E-state index is 0.0119. The SMILES string of the molecule is CCOC(=O)C(NCC(F)(F)F)c1ccc(F)c(Cl)c1. The lowest BCUT2D eigenvalue weighted by Gasteiger charge is -2.19. The summed E-state index contributed by atoms with van der Waals surface area (Å²) in [7, 11) is 0. The second-order valence-corrected chi connectivity index (χ2v) is 4.26. The first-order valence-electron chi connectivity index (χ1n) is 5.66. The van der Waals surface area contributed by atoms with Crippen molar-refractivity contribution in [2.45, 2.75) is 19.1 Å². The van der Waals surface area contributed by atoms with Crippen molar-refractivity contribution >= 4 is 17.6 Å². The average Bonchev–Trinajstić information content (AvgIpc) is 2.32. The molecule has 1 rings (SSSR count). The number of carbonyl (C=O) groups is 1. The Hall–Kier alpha value is -1.34. The number of nitrogens with one attached hydrogen (secondary N) is 1. The summed E-state index contributed by atoms with van der Waals surface area (Å²) in [6.07, 6.45) is -4.49. The molecule has 1 N–H and O–H groups in total. The summed E-state index contributed by atoms with van der Waals surface area (Å²) < 4.78 is 54.4. The molecule has 1 unspecified atom stereocenters. The van der Waals surface area contributed by atoms with Crippen molar-refractivity contribution in [3.63, 3.8) is 0 Å². The van der Waals surface area contributed by atoms with E-state index in [0.717, 1.165) is 12.1 Å². The minimum atomic E-state index is -4.49. The highest BCUT2D eigenvalue weighted by atomic mass is 35.5. The van der Waals surface area contributed by atoms with Crippen LogP contribution >= 0.6 is 11.6 Å². The largest absolute Gasteiger partial charge is 0.465 e. The summed E-state index contributed by atoms with van der Waals surface area (Å²) in [5.41, 5.74) is 0.0964. The number of rotatable bonds is 5. The average molecular weight is 314 g/mol. The van der Waals surface area contributed by atoms with Gasteiger partial charge in [0.15, 0.2) is 0 Å². The Morgan fingerprint density at radius 1 is 1.45 bits per heavy atom. The molecule has 0 bridgehead atoms. The molecule has 0 saturated heterocycles. The minimum Gasteiger partial charge on any atom is -0.465 e. The number of ether oxygens (including phenoxy) is 1. The molecule has 3 nitrogen and oxygen atoms in total. The quantitative estimate of drug-likeness (QED) is 0.670. The maximum atomic E-state index is 13.0. The summed E-state index contributed by atoms with van der Waals surface area (Å²) in [6, 6.07) is 1.86. The molecule has 0 spiro atoms. The van der Waals surface area contributed by atoms with Gasteiger partial charge in [0.05, 0.1) is 18.2 Å². The summed E-state index contributed by atoms with van der Waals surface area (Å²) in [6.45, 7) is 0.153. The Morgan fingerprint density at radius 2 is 2.10 bits per heavy atom. The smallest absolute Gasteiger partial charge is 0.401 e. The van der Waals surface area contributed by atoms with Gasteiger partial charge in [0, 0.05) is 0 Å². The number of halogens is 5. The Balaban J connectivity index is 2.96. The van der Waals surface area contributed by atoms with Gasteiger partial charge in [0.25, 0.3) is 0 Å². The van der Waals surface area contributed by atoms with Crippen LogP contribution in [-0.2, 0) is 9.53 Å². The third-order valence-electron chi connectivity index (χ3n) is 2.31. The fourth-order valence-corrected chi connectivity index (χ4v) is 1.66. The summed E-state index contributed by atoms with van der Waals surface area (Å²) in [5, 5.41) is 1.74. The highest BCUT2D eigenvalue weighted by Crippen LogP contribution is 2.23. The van der Waals surface area contributed by atoms with Crippen LogP contribution in [0.1, 0.15) is 18.5 Å². The van der Waals surface area contributed by atoms with Crippen LogP contribution in [0.5, 0.6) is 0 Å². The first-order valence-corrected chi connectivity index (χ1v) is 6.04. The van der Waals surface area contributed by atoms with E-state index >= 15 is 0 Å². The van der Waals surface area contributed by atoms with E-state index in [1.807, 2.05) is 5.32 Å². The fourth-order valence-electron chi connectivity index (χ4n) is 1.47. The summed E-state index contributed by atoms with van der Waals surface area (Å²) >= 11 is 5.55. The predicted molar refractivity (Wildman–Crippen MR) is 64.8 cm³/mol. The van der Waals surface area contributed by atoms with Crippen LogP contribution in [-0.4, -0.2) is 25.3 Å². The van der Waals surface area contributed by atoms with Gasteiger partial charge in [-0.15, -0.1) is 0 Å². The lowest BCUT2D eigenvalue weighted by Crippen LogP contribution is -2.37. The van der Waals surface area contributed by atoms with E-state index in [0.29, 0.717) is 0 Å². The standard InChI is InChI=1S/C12H12ClF4NO2/c1-2-20-11(19)10(18-6-12(15,16)17)7-3-4-9(14)8(13)5-7/h3-5,10,18H,2,6H2,1H3. The zero-order valence-electron chi connectivity index (χ0n) is 10.4. The highest BCUT2D eigenvalue weighted by molar-refractivity contribution is 6.30. The Kier molecular flexibility index (Phi) is 5.76. The summed E-state index contributed by atoms with van der Waals surface area (Å²) in [5.74, 6) is -1.62. The molecule has 8 heteroatoms. The Labute approximate surface area is 117 Å². The van der Waals surface area contributed by atoms with Gasteiger partial charge in [0.1, 0.15) is 11.9 Å².